The molecular weight excluding hydrogens is 222 g/mol. The fourth-order valence-electron chi connectivity index (χ4n) is 0.828. The van der Waals surface area contributed by atoms with E-state index in [0.29, 0.717) is 0 Å². The van der Waals surface area contributed by atoms with Crippen LogP contribution >= 0.6 is 0 Å². The zero-order chi connectivity index (χ0) is 11.9. The number of carbonyl (C=O) groups is 1. The fraction of sp³-hybridized carbons (Fsp3) is 0.875. The summed E-state index contributed by atoms with van der Waals surface area (Å²) in [6.07, 6.45) is -0.436. The Balaban J connectivity index is 3.80. The molecule has 0 aliphatic heterocycles. The number of aliphatic hydroxyl groups is 1. The zero-order valence-electron chi connectivity index (χ0n) is 8.89. The van der Waals surface area contributed by atoms with Crippen LogP contribution in [0.5, 0.6) is 0 Å². The Morgan fingerprint density at radius 2 is 2.13 bits per heavy atom. The predicted octanol–water partition coefficient (Wildman–Crippen LogP) is -0.760. The van der Waals surface area contributed by atoms with Crippen molar-refractivity contribution in [3.8, 4) is 0 Å². The average molecular weight is 239 g/mol. The lowest BCUT2D eigenvalue weighted by molar-refractivity contribution is -0.140. The number of ether oxygens (including phenoxy) is 1. The van der Waals surface area contributed by atoms with Crippen molar-refractivity contribution < 1.29 is 23.1 Å². The molecule has 0 aromatic carbocycles. The molecule has 7 heteroatoms. The van der Waals surface area contributed by atoms with Gasteiger partial charge in [-0.1, -0.05) is 0 Å². The average Bonchev–Trinajstić information content (AvgIpc) is 2.14. The van der Waals surface area contributed by atoms with Crippen molar-refractivity contribution >= 4 is 16.0 Å². The zero-order valence-corrected chi connectivity index (χ0v) is 9.71. The Bertz CT molecular complexity index is 285. The third kappa shape index (κ3) is 8.34. The maximum absolute atomic E-state index is 11.2. The molecule has 0 saturated carbocycles. The van der Waals surface area contributed by atoms with Crippen molar-refractivity contribution in [2.45, 2.75) is 25.9 Å². The van der Waals surface area contributed by atoms with E-state index in [2.05, 4.69) is 9.46 Å². The normalized spacial score (nSPS) is 13.5. The lowest BCUT2D eigenvalue weighted by Gasteiger charge is -2.07. The summed E-state index contributed by atoms with van der Waals surface area (Å²) >= 11 is 0. The number of carbonyl (C=O) groups excluding carboxylic acids is 1. The number of esters is 1. The maximum Gasteiger partial charge on any atom is 0.305 e. The maximum atomic E-state index is 11.2. The number of hydrogen-bond acceptors (Lipinski definition) is 5. The molecule has 0 unspecified atom stereocenters. The predicted molar refractivity (Wildman–Crippen MR) is 54.7 cm³/mol. The van der Waals surface area contributed by atoms with Gasteiger partial charge in [0.25, 0.3) is 0 Å². The molecule has 0 bridgehead atoms. The number of sulfonamides is 1. The summed E-state index contributed by atoms with van der Waals surface area (Å²) in [6, 6.07) is 0. The van der Waals surface area contributed by atoms with Crippen molar-refractivity contribution in [2.75, 3.05) is 19.4 Å². The third-order valence-electron chi connectivity index (χ3n) is 1.62. The molecule has 0 spiro atoms. The Morgan fingerprint density at radius 1 is 1.53 bits per heavy atom. The van der Waals surface area contributed by atoms with Crippen LogP contribution in [0.4, 0.5) is 0 Å². The van der Waals surface area contributed by atoms with Crippen LogP contribution < -0.4 is 4.72 Å². The van der Waals surface area contributed by atoms with Crippen molar-refractivity contribution in [1.29, 1.82) is 0 Å². The number of rotatable bonds is 7. The summed E-state index contributed by atoms with van der Waals surface area (Å²) in [7, 11) is -2.15. The molecule has 0 amide bonds. The van der Waals surface area contributed by atoms with Gasteiger partial charge in [0.05, 0.1) is 19.0 Å². The van der Waals surface area contributed by atoms with E-state index in [-0.39, 0.29) is 25.1 Å². The molecule has 0 fully saturated rings. The standard InChI is InChI=1S/C8H17NO5S/c1-7(10)6-9-15(12,13)5-3-4-8(11)14-2/h7,9-10H,3-6H2,1-2H3/t7-/m1/s1. The van der Waals surface area contributed by atoms with Crippen LogP contribution in [0.1, 0.15) is 19.8 Å². The van der Waals surface area contributed by atoms with Gasteiger partial charge in [0.2, 0.25) is 10.0 Å². The molecule has 1 atom stereocenters. The van der Waals surface area contributed by atoms with Crippen molar-refractivity contribution in [2.24, 2.45) is 0 Å². The summed E-state index contributed by atoms with van der Waals surface area (Å²) in [5.74, 6) is -0.574. The second kappa shape index (κ2) is 6.76. The molecule has 6 nitrogen and oxygen atoms in total. The highest BCUT2D eigenvalue weighted by molar-refractivity contribution is 7.89. The van der Waals surface area contributed by atoms with E-state index in [4.69, 9.17) is 5.11 Å². The summed E-state index contributed by atoms with van der Waals surface area (Å²) in [5.41, 5.74) is 0. The van der Waals surface area contributed by atoms with Gasteiger partial charge in [-0.15, -0.1) is 0 Å². The second-order valence-corrected chi connectivity index (χ2v) is 5.12. The Hall–Kier alpha value is -0.660. The van der Waals surface area contributed by atoms with Gasteiger partial charge in [-0.3, -0.25) is 4.79 Å². The SMILES string of the molecule is COC(=O)CCCS(=O)(=O)NC[C@@H](C)O. The van der Waals surface area contributed by atoms with Gasteiger partial charge in [-0.05, 0) is 13.3 Å². The molecule has 0 saturated heterocycles. The number of nitrogens with one attached hydrogen (secondary N) is 1. The third-order valence-corrected chi connectivity index (χ3v) is 3.05. The highest BCUT2D eigenvalue weighted by Crippen LogP contribution is 1.96. The first kappa shape index (κ1) is 14.3. The molecule has 0 aromatic heterocycles. The van der Waals surface area contributed by atoms with Crippen LogP contribution in [-0.2, 0) is 19.6 Å². The van der Waals surface area contributed by atoms with Crippen LogP contribution in [0, 0.1) is 0 Å². The second-order valence-electron chi connectivity index (χ2n) is 3.20. The van der Waals surface area contributed by atoms with E-state index in [9.17, 15) is 13.2 Å². The van der Waals surface area contributed by atoms with Crippen LogP contribution in [-0.4, -0.2) is 45.0 Å². The largest absolute Gasteiger partial charge is 0.469 e. The van der Waals surface area contributed by atoms with E-state index in [0.717, 1.165) is 0 Å². The van der Waals surface area contributed by atoms with Gasteiger partial charge < -0.3 is 9.84 Å². The highest BCUT2D eigenvalue weighted by atomic mass is 32.2. The van der Waals surface area contributed by atoms with Crippen LogP contribution in [0.3, 0.4) is 0 Å². The molecule has 90 valence electrons. The molecule has 0 aliphatic rings. The van der Waals surface area contributed by atoms with Gasteiger partial charge >= 0.3 is 5.97 Å². The minimum absolute atomic E-state index is 0.0133. The Morgan fingerprint density at radius 3 is 2.60 bits per heavy atom. The van der Waals surface area contributed by atoms with Crippen molar-refractivity contribution in [3.63, 3.8) is 0 Å². The molecular formula is C8H17NO5S. The fourth-order valence-corrected chi connectivity index (χ4v) is 1.99. The summed E-state index contributed by atoms with van der Waals surface area (Å²) in [5, 5.41) is 8.87. The monoisotopic (exact) mass is 239 g/mol. The van der Waals surface area contributed by atoms with Crippen molar-refractivity contribution in [1.82, 2.24) is 4.72 Å². The minimum Gasteiger partial charge on any atom is -0.469 e. The first-order chi connectivity index (χ1) is 6.87. The minimum atomic E-state index is -3.40. The van der Waals surface area contributed by atoms with Crippen LogP contribution in [0.2, 0.25) is 0 Å². The summed E-state index contributed by atoms with van der Waals surface area (Å²) < 4.78 is 29.1. The lowest BCUT2D eigenvalue weighted by atomic mass is 10.3. The summed E-state index contributed by atoms with van der Waals surface area (Å²) in [6.45, 7) is 1.47. The first-order valence-corrected chi connectivity index (χ1v) is 6.25. The molecule has 0 aliphatic carbocycles. The smallest absolute Gasteiger partial charge is 0.305 e. The molecule has 0 heterocycles. The highest BCUT2D eigenvalue weighted by Gasteiger charge is 2.11. The number of aliphatic hydroxyl groups excluding tert-OH is 1. The number of hydrogen-bond donors (Lipinski definition) is 2. The van der Waals surface area contributed by atoms with Gasteiger partial charge in [-0.2, -0.15) is 0 Å². The quantitative estimate of drug-likeness (QED) is 0.570. The first-order valence-electron chi connectivity index (χ1n) is 4.59. The van der Waals surface area contributed by atoms with Gasteiger partial charge in [0, 0.05) is 13.0 Å². The summed E-state index contributed by atoms with van der Waals surface area (Å²) in [4.78, 5) is 10.7. The molecule has 0 aromatic rings. The number of methoxy groups -OCH3 is 1. The van der Waals surface area contributed by atoms with E-state index < -0.39 is 22.1 Å². The lowest BCUT2D eigenvalue weighted by Crippen LogP contribution is -2.32. The van der Waals surface area contributed by atoms with Gasteiger partial charge in [-0.25, -0.2) is 13.1 Å². The van der Waals surface area contributed by atoms with Gasteiger partial charge in [0.15, 0.2) is 0 Å². The topological polar surface area (TPSA) is 92.7 Å². The Labute approximate surface area is 89.7 Å². The molecule has 2 N–H and O–H groups in total. The molecule has 15 heavy (non-hydrogen) atoms. The van der Waals surface area contributed by atoms with Crippen LogP contribution in [0.15, 0.2) is 0 Å². The van der Waals surface area contributed by atoms with Gasteiger partial charge in [0.1, 0.15) is 0 Å². The van der Waals surface area contributed by atoms with E-state index in [1.165, 1.54) is 14.0 Å². The molecule has 0 rings (SSSR count). The van der Waals surface area contributed by atoms with Crippen LogP contribution in [0.25, 0.3) is 0 Å². The van der Waals surface area contributed by atoms with E-state index >= 15 is 0 Å². The Kier molecular flexibility index (Phi) is 6.46. The van der Waals surface area contributed by atoms with E-state index in [1.807, 2.05) is 0 Å². The molecule has 0 radical (unpaired) electrons. The van der Waals surface area contributed by atoms with E-state index in [1.54, 1.807) is 0 Å². The van der Waals surface area contributed by atoms with Crippen molar-refractivity contribution in [3.05, 3.63) is 0 Å².